The zero-order chi connectivity index (χ0) is 17.2. The van der Waals surface area contributed by atoms with E-state index in [0.717, 1.165) is 30.6 Å². The first-order chi connectivity index (χ1) is 10.7. The van der Waals surface area contributed by atoms with Crippen LogP contribution >= 0.6 is 0 Å². The van der Waals surface area contributed by atoms with Gasteiger partial charge in [-0.15, -0.1) is 0 Å². The predicted molar refractivity (Wildman–Crippen MR) is 80.3 cm³/mol. The van der Waals surface area contributed by atoms with Crippen molar-refractivity contribution in [3.63, 3.8) is 0 Å². The monoisotopic (exact) mass is 325 g/mol. The summed E-state index contributed by atoms with van der Waals surface area (Å²) in [7, 11) is 0. The van der Waals surface area contributed by atoms with Crippen LogP contribution in [0.15, 0.2) is 0 Å². The number of nitrogens with one attached hydrogen (secondary N) is 2. The minimum atomic E-state index is -1.04. The highest BCUT2D eigenvalue weighted by Gasteiger charge is 2.45. The number of hydrogen-bond acceptors (Lipinski definition) is 5. The summed E-state index contributed by atoms with van der Waals surface area (Å²) < 4.78 is 5.02. The van der Waals surface area contributed by atoms with Crippen LogP contribution in [0.2, 0.25) is 0 Å². The number of carbonyl (C=O) groups is 4. The number of nitrogens with zero attached hydrogens (tertiary/aromatic N) is 1. The maximum absolute atomic E-state index is 12.0. The zero-order valence-electron chi connectivity index (χ0n) is 13.7. The molecule has 0 radical (unpaired) electrons. The Bertz CT molecular complexity index is 525. The molecule has 1 heterocycles. The fourth-order valence-corrected chi connectivity index (χ4v) is 2.77. The van der Waals surface area contributed by atoms with Gasteiger partial charge >= 0.3 is 12.0 Å². The molecule has 23 heavy (non-hydrogen) atoms. The lowest BCUT2D eigenvalue weighted by atomic mass is 10.1. The standard InChI is InChI=1S/C15H23N3O5/c1-9(12(20)16-10-6-4-5-7-10)23-11(19)8-18-13(21)15(2,3)17-14(18)22/h9-10H,4-8H2,1-3H3,(H,16,20)(H,17,22)/t9-/m1/s1. The van der Waals surface area contributed by atoms with Crippen LogP contribution in [0.1, 0.15) is 46.5 Å². The number of imide groups is 1. The summed E-state index contributed by atoms with van der Waals surface area (Å²) in [5, 5.41) is 5.31. The average Bonchev–Trinajstić information content (AvgIpc) is 3.01. The summed E-state index contributed by atoms with van der Waals surface area (Å²) in [6.07, 6.45) is 3.08. The number of rotatable bonds is 5. The maximum atomic E-state index is 12.0. The molecule has 0 bridgehead atoms. The van der Waals surface area contributed by atoms with Crippen molar-refractivity contribution in [3.05, 3.63) is 0 Å². The van der Waals surface area contributed by atoms with Crippen molar-refractivity contribution in [2.45, 2.75) is 64.1 Å². The number of hydrogen-bond donors (Lipinski definition) is 2. The molecule has 8 heteroatoms. The van der Waals surface area contributed by atoms with Crippen LogP contribution in [0.3, 0.4) is 0 Å². The van der Waals surface area contributed by atoms with Gasteiger partial charge in [-0.2, -0.15) is 0 Å². The van der Waals surface area contributed by atoms with Crippen LogP contribution in [0.5, 0.6) is 0 Å². The topological polar surface area (TPSA) is 105 Å². The highest BCUT2D eigenvalue weighted by atomic mass is 16.5. The first-order valence-corrected chi connectivity index (χ1v) is 7.84. The highest BCUT2D eigenvalue weighted by Crippen LogP contribution is 2.18. The van der Waals surface area contributed by atoms with E-state index in [4.69, 9.17) is 4.74 Å². The molecule has 2 fully saturated rings. The van der Waals surface area contributed by atoms with Gasteiger partial charge in [0.15, 0.2) is 6.10 Å². The van der Waals surface area contributed by atoms with Crippen LogP contribution in [0.25, 0.3) is 0 Å². The van der Waals surface area contributed by atoms with Crippen molar-refractivity contribution >= 4 is 23.8 Å². The Hall–Kier alpha value is -2.12. The summed E-state index contributed by atoms with van der Waals surface area (Å²) in [6, 6.07) is -0.504. The van der Waals surface area contributed by atoms with Crippen molar-refractivity contribution < 1.29 is 23.9 Å². The van der Waals surface area contributed by atoms with Gasteiger partial charge in [-0.1, -0.05) is 12.8 Å². The molecular weight excluding hydrogens is 302 g/mol. The molecule has 0 spiro atoms. The van der Waals surface area contributed by atoms with E-state index in [0.29, 0.717) is 0 Å². The zero-order valence-corrected chi connectivity index (χ0v) is 13.7. The molecule has 0 aromatic heterocycles. The third-order valence-corrected chi connectivity index (χ3v) is 4.11. The Morgan fingerprint density at radius 1 is 1.35 bits per heavy atom. The fraction of sp³-hybridized carbons (Fsp3) is 0.733. The molecule has 2 rings (SSSR count). The van der Waals surface area contributed by atoms with Gasteiger partial charge in [0, 0.05) is 6.04 Å². The number of esters is 1. The number of urea groups is 1. The van der Waals surface area contributed by atoms with E-state index in [2.05, 4.69) is 10.6 Å². The summed E-state index contributed by atoms with van der Waals surface area (Å²) in [5.41, 5.74) is -1.04. The number of carbonyl (C=O) groups excluding carboxylic acids is 4. The van der Waals surface area contributed by atoms with Gasteiger partial charge in [-0.25, -0.2) is 4.79 Å². The van der Waals surface area contributed by atoms with Crippen molar-refractivity contribution in [3.8, 4) is 0 Å². The van der Waals surface area contributed by atoms with Gasteiger partial charge in [0.1, 0.15) is 12.1 Å². The van der Waals surface area contributed by atoms with E-state index in [1.165, 1.54) is 6.92 Å². The highest BCUT2D eigenvalue weighted by molar-refractivity contribution is 6.08. The van der Waals surface area contributed by atoms with Crippen molar-refractivity contribution in [2.75, 3.05) is 6.54 Å². The van der Waals surface area contributed by atoms with E-state index in [9.17, 15) is 19.2 Å². The molecule has 1 saturated carbocycles. The summed E-state index contributed by atoms with van der Waals surface area (Å²) in [4.78, 5) is 48.3. The Balaban J connectivity index is 1.83. The third kappa shape index (κ3) is 4.00. The van der Waals surface area contributed by atoms with Gasteiger partial charge in [0.25, 0.3) is 11.8 Å². The lowest BCUT2D eigenvalue weighted by Crippen LogP contribution is -2.44. The van der Waals surface area contributed by atoms with Gasteiger partial charge < -0.3 is 15.4 Å². The lowest BCUT2D eigenvalue weighted by molar-refractivity contribution is -0.156. The van der Waals surface area contributed by atoms with E-state index >= 15 is 0 Å². The molecule has 1 atom stereocenters. The van der Waals surface area contributed by atoms with E-state index in [1.807, 2.05) is 0 Å². The van der Waals surface area contributed by atoms with Crippen LogP contribution < -0.4 is 10.6 Å². The quantitative estimate of drug-likeness (QED) is 0.559. The van der Waals surface area contributed by atoms with Crippen molar-refractivity contribution in [1.29, 1.82) is 0 Å². The Morgan fingerprint density at radius 2 is 1.96 bits per heavy atom. The second kappa shape index (κ2) is 6.55. The normalized spacial score (nSPS) is 22.0. The Kier molecular flexibility index (Phi) is 4.91. The molecule has 1 saturated heterocycles. The summed E-state index contributed by atoms with van der Waals surface area (Å²) >= 11 is 0. The minimum absolute atomic E-state index is 0.135. The smallest absolute Gasteiger partial charge is 0.327 e. The van der Waals surface area contributed by atoms with Crippen molar-refractivity contribution in [2.24, 2.45) is 0 Å². The largest absolute Gasteiger partial charge is 0.451 e. The molecular formula is C15H23N3O5. The average molecular weight is 325 g/mol. The minimum Gasteiger partial charge on any atom is -0.451 e. The van der Waals surface area contributed by atoms with Gasteiger partial charge in [0.05, 0.1) is 0 Å². The molecule has 1 aliphatic heterocycles. The Labute approximate surface area is 134 Å². The molecule has 0 aromatic rings. The molecule has 0 unspecified atom stereocenters. The first kappa shape index (κ1) is 17.2. The Morgan fingerprint density at radius 3 is 2.48 bits per heavy atom. The van der Waals surface area contributed by atoms with Gasteiger partial charge in [0.2, 0.25) is 0 Å². The molecule has 2 N–H and O–H groups in total. The van der Waals surface area contributed by atoms with Crippen molar-refractivity contribution in [1.82, 2.24) is 15.5 Å². The van der Waals surface area contributed by atoms with E-state index in [1.54, 1.807) is 13.8 Å². The van der Waals surface area contributed by atoms with Gasteiger partial charge in [-0.05, 0) is 33.6 Å². The predicted octanol–water partition coefficient (Wildman–Crippen LogP) is 0.307. The van der Waals surface area contributed by atoms with Crippen LogP contribution in [-0.4, -0.2) is 52.9 Å². The van der Waals surface area contributed by atoms with Crippen LogP contribution in [0.4, 0.5) is 4.79 Å². The summed E-state index contributed by atoms with van der Waals surface area (Å²) in [6.45, 7) is 4.07. The molecule has 1 aliphatic carbocycles. The molecule has 8 nitrogen and oxygen atoms in total. The third-order valence-electron chi connectivity index (χ3n) is 4.11. The second-order valence-electron chi connectivity index (χ2n) is 6.57. The number of ether oxygens (including phenoxy) is 1. The summed E-state index contributed by atoms with van der Waals surface area (Å²) in [5.74, 6) is -1.65. The second-order valence-corrected chi connectivity index (χ2v) is 6.57. The van der Waals surface area contributed by atoms with E-state index in [-0.39, 0.29) is 11.9 Å². The van der Waals surface area contributed by atoms with Crippen LogP contribution in [0, 0.1) is 0 Å². The molecule has 2 aliphatic rings. The molecule has 0 aromatic carbocycles. The molecule has 4 amide bonds. The van der Waals surface area contributed by atoms with E-state index < -0.39 is 36.1 Å². The number of amides is 4. The SMILES string of the molecule is C[C@@H](OC(=O)CN1C(=O)NC(C)(C)C1=O)C(=O)NC1CCCC1. The van der Waals surface area contributed by atoms with Gasteiger partial charge in [-0.3, -0.25) is 19.3 Å². The van der Waals surface area contributed by atoms with Crippen LogP contribution in [-0.2, 0) is 19.1 Å². The fourth-order valence-electron chi connectivity index (χ4n) is 2.77. The maximum Gasteiger partial charge on any atom is 0.327 e. The first-order valence-electron chi connectivity index (χ1n) is 7.84. The lowest BCUT2D eigenvalue weighted by Gasteiger charge is -2.19. The molecule has 128 valence electrons.